The molecule has 0 unspecified atom stereocenters. The third-order valence-corrected chi connectivity index (χ3v) is 20.8. The number of ether oxygens (including phenoxy) is 19. The minimum Gasteiger partial charge on any atom is -0.497 e. The predicted octanol–water partition coefficient (Wildman–Crippen LogP) is 22.1. The summed E-state index contributed by atoms with van der Waals surface area (Å²) in [5.74, 6) is 1.14. The molecule has 0 fully saturated rings. The maximum Gasteiger partial charge on any atom is 0.343 e. The summed E-state index contributed by atoms with van der Waals surface area (Å²) < 4.78 is 101. The van der Waals surface area contributed by atoms with Crippen molar-refractivity contribution in [2.75, 3.05) is 86.4 Å². The molecule has 0 saturated heterocycles. The van der Waals surface area contributed by atoms with E-state index in [2.05, 4.69) is 32.9 Å². The van der Waals surface area contributed by atoms with Crippen LogP contribution in [0.15, 0.2) is 294 Å². The van der Waals surface area contributed by atoms with Gasteiger partial charge in [0.2, 0.25) is 0 Å². The number of esters is 12. The van der Waals surface area contributed by atoms with Crippen LogP contribution in [-0.2, 0) is 57.2 Å². The predicted molar refractivity (Wildman–Crippen MR) is 553 cm³/mol. The quantitative estimate of drug-likeness (QED) is 0.0112. The first-order valence-corrected chi connectivity index (χ1v) is 48.4. The third-order valence-electron chi connectivity index (χ3n) is 20.8. The van der Waals surface area contributed by atoms with E-state index in [0.29, 0.717) is 198 Å². The number of aryl methyl sites for hydroxylation is 2. The van der Waals surface area contributed by atoms with E-state index in [-0.39, 0.29) is 30.9 Å². The molecule has 10 aromatic rings. The molecule has 0 spiro atoms. The molecule has 0 aliphatic carbocycles. The lowest BCUT2D eigenvalue weighted by Crippen LogP contribution is -2.11. The van der Waals surface area contributed by atoms with E-state index < -0.39 is 59.7 Å². The lowest BCUT2D eigenvalue weighted by Gasteiger charge is -2.11. The maximum atomic E-state index is 12.7. The van der Waals surface area contributed by atoms with Gasteiger partial charge in [0, 0.05) is 50.1 Å². The first-order chi connectivity index (χ1) is 72.3. The molecule has 0 atom stereocenters. The van der Waals surface area contributed by atoms with Crippen molar-refractivity contribution in [3.63, 3.8) is 0 Å². The Morgan fingerprint density at radius 3 is 0.658 bits per heavy atom. The van der Waals surface area contributed by atoms with Crippen LogP contribution in [0.2, 0.25) is 0 Å². The van der Waals surface area contributed by atoms with Crippen LogP contribution in [0.1, 0.15) is 201 Å². The molecule has 0 radical (unpaired) electrons. The summed E-state index contributed by atoms with van der Waals surface area (Å²) in [4.78, 5) is 141. The minimum absolute atomic E-state index is 0.218. The fourth-order valence-electron chi connectivity index (χ4n) is 12.8. The van der Waals surface area contributed by atoms with Crippen LogP contribution >= 0.6 is 0 Å². The Labute approximate surface area is 867 Å². The SMILES string of the molecule is C=CC(=O)OCCCCCCOc1ccc(C(=O)Oc2ccc(C#N)cc2)cc1.C=CC(=O)OCCCCCCOc1ccc(C(=O)Oc2ccc(OC(=O)c3ccc(OCCCCCCOC(C)=O)cc3)c(C)c2)cc1.C=CC(=O)OCCCCCCOc1ccc(C(=O)Oc2ccc(OC)cc2)cc1.C=CC(=O)OCCCOc1ccc(C(=O)Oc2ccc(OC(=O)c3ccc(OCCCOC(=O)C=C)cc3)c(C)c2)cc1. The first-order valence-electron chi connectivity index (χ1n) is 48.4. The molecule has 0 aromatic heterocycles. The number of nitriles is 1. The van der Waals surface area contributed by atoms with Gasteiger partial charge in [-0.25, -0.2) is 52.7 Å². The van der Waals surface area contributed by atoms with Gasteiger partial charge in [-0.1, -0.05) is 32.9 Å². The van der Waals surface area contributed by atoms with E-state index in [4.69, 9.17) is 95.3 Å². The summed E-state index contributed by atoms with van der Waals surface area (Å²) in [5, 5.41) is 8.78. The van der Waals surface area contributed by atoms with Gasteiger partial charge in [-0.15, -0.1) is 0 Å². The molecule has 0 bridgehead atoms. The van der Waals surface area contributed by atoms with Crippen molar-refractivity contribution < 1.29 is 148 Å². The highest BCUT2D eigenvalue weighted by atomic mass is 16.6. The van der Waals surface area contributed by atoms with E-state index in [1.807, 2.05) is 6.07 Å². The Kier molecular flexibility index (Phi) is 55.4. The number of rotatable bonds is 60. The maximum absolute atomic E-state index is 12.7. The van der Waals surface area contributed by atoms with Crippen molar-refractivity contribution in [1.29, 1.82) is 5.26 Å². The largest absolute Gasteiger partial charge is 0.497 e. The van der Waals surface area contributed by atoms with Crippen LogP contribution in [-0.4, -0.2) is 158 Å². The lowest BCUT2D eigenvalue weighted by molar-refractivity contribution is -0.141. The Hall–Kier alpha value is -17.4. The van der Waals surface area contributed by atoms with Gasteiger partial charge < -0.3 is 90.0 Å². The summed E-state index contributed by atoms with van der Waals surface area (Å²) in [6.07, 6.45) is 21.1. The molecule has 0 aliphatic rings. The number of hydrogen-bond acceptors (Lipinski definition) is 32. The second kappa shape index (κ2) is 69.6. The highest BCUT2D eigenvalue weighted by Crippen LogP contribution is 2.30. The van der Waals surface area contributed by atoms with Crippen molar-refractivity contribution in [2.24, 2.45) is 0 Å². The van der Waals surface area contributed by atoms with Crippen molar-refractivity contribution in [2.45, 2.75) is 136 Å². The second-order valence-corrected chi connectivity index (χ2v) is 32.3. The van der Waals surface area contributed by atoms with Crippen LogP contribution < -0.4 is 61.6 Å². The van der Waals surface area contributed by atoms with Gasteiger partial charge in [0.15, 0.2) is 0 Å². The van der Waals surface area contributed by atoms with E-state index in [0.717, 1.165) is 133 Å². The Morgan fingerprint density at radius 2 is 0.430 bits per heavy atom. The molecule has 784 valence electrons. The number of carbonyl (C=O) groups is 12. The molecular formula is C117H125NO31. The fraction of sp³-hybridized carbons (Fsp3) is 0.291. The lowest BCUT2D eigenvalue weighted by atomic mass is 10.2. The summed E-state index contributed by atoms with van der Waals surface area (Å²) in [6, 6.07) is 64.6. The van der Waals surface area contributed by atoms with Gasteiger partial charge in [-0.2, -0.15) is 5.26 Å². The second-order valence-electron chi connectivity index (χ2n) is 32.3. The fourth-order valence-corrected chi connectivity index (χ4v) is 12.8. The molecule has 32 nitrogen and oxygen atoms in total. The first kappa shape index (κ1) is 119. The van der Waals surface area contributed by atoms with Crippen molar-refractivity contribution in [3.8, 4) is 80.8 Å². The molecule has 32 heteroatoms. The van der Waals surface area contributed by atoms with Crippen LogP contribution in [0.25, 0.3) is 0 Å². The molecule has 10 aromatic carbocycles. The molecule has 0 N–H and O–H groups in total. The van der Waals surface area contributed by atoms with Crippen molar-refractivity contribution in [1.82, 2.24) is 0 Å². The summed E-state index contributed by atoms with van der Waals surface area (Å²) in [6.45, 7) is 26.6. The normalized spacial score (nSPS) is 10.2. The minimum atomic E-state index is -0.563. The van der Waals surface area contributed by atoms with Crippen LogP contribution in [0.4, 0.5) is 0 Å². The molecule has 0 amide bonds. The van der Waals surface area contributed by atoms with Crippen molar-refractivity contribution >= 4 is 71.6 Å². The molecule has 149 heavy (non-hydrogen) atoms. The van der Waals surface area contributed by atoms with Crippen molar-refractivity contribution in [3.05, 3.63) is 344 Å². The number of carbonyl (C=O) groups excluding carboxylic acids is 12. The average molecular weight is 2040 g/mol. The van der Waals surface area contributed by atoms with E-state index in [9.17, 15) is 57.5 Å². The number of hydrogen-bond donors (Lipinski definition) is 0. The molecule has 0 saturated carbocycles. The standard InChI is InChI=1S/C38H44O10.C33H32O10.C23H23NO5.C23H26O6/c1-4-36(40)46-26-12-8-7-11-25-44-32-17-13-30(14-18-32)37(41)47-34-21-22-35(28(2)27-34)48-38(42)31-15-19-33(20-16-31)45-24-10-6-5-9-23-43-29(3)39;1-4-30(34)40-20-6-18-38-26-12-8-24(9-13-26)32(36)42-28-16-17-29(23(3)22-28)43-33(37)25-10-14-27(15-11-25)39-19-7-21-41-31(35)5-2;1-2-22(25)28-16-6-4-3-5-15-27-20-13-9-19(10-14-20)23(26)29-21-11-7-18(17-24)8-12-21;1-3-22(24)28-17-7-5-4-6-16-27-20-10-8-18(9-11-20)23(25)29-21-14-12-19(26-2)13-15-21/h4,13-22,27H,1,5-12,23-26H2,2-3H3;4-5,8-17,22H,1-2,6-7,18-21H2,3H3;2,7-14H,1,3-6,15-16H2;3,8-15H,1,4-7,16-17H2,2H3. The molecule has 0 aliphatic heterocycles. The molecule has 0 heterocycles. The van der Waals surface area contributed by atoms with Gasteiger partial charge in [0.25, 0.3) is 0 Å². The van der Waals surface area contributed by atoms with Crippen LogP contribution in [0.5, 0.6) is 74.7 Å². The number of nitrogens with zero attached hydrogens (tertiary/aromatic N) is 1. The van der Waals surface area contributed by atoms with E-state index in [1.54, 1.807) is 245 Å². The number of unbranched alkanes of at least 4 members (excludes halogenated alkanes) is 12. The summed E-state index contributed by atoms with van der Waals surface area (Å²) in [5.41, 5.74) is 3.98. The smallest absolute Gasteiger partial charge is 0.343 e. The Balaban J connectivity index is 0.000000275. The van der Waals surface area contributed by atoms with E-state index in [1.165, 1.54) is 13.0 Å². The van der Waals surface area contributed by atoms with Gasteiger partial charge >= 0.3 is 71.6 Å². The number of benzene rings is 10. The van der Waals surface area contributed by atoms with Crippen LogP contribution in [0.3, 0.4) is 0 Å². The van der Waals surface area contributed by atoms with Gasteiger partial charge in [0.05, 0.1) is 131 Å². The zero-order valence-corrected chi connectivity index (χ0v) is 84.2. The topological polar surface area (TPSA) is 404 Å². The Morgan fingerprint density at radius 1 is 0.235 bits per heavy atom. The van der Waals surface area contributed by atoms with Gasteiger partial charge in [-0.3, -0.25) is 4.79 Å². The highest BCUT2D eigenvalue weighted by molar-refractivity contribution is 5.95. The van der Waals surface area contributed by atoms with Gasteiger partial charge in [-0.05, 0) is 358 Å². The third kappa shape index (κ3) is 48.7. The van der Waals surface area contributed by atoms with Crippen LogP contribution in [0, 0.1) is 25.2 Å². The zero-order chi connectivity index (χ0) is 107. The molecule has 10 rings (SSSR count). The summed E-state index contributed by atoms with van der Waals surface area (Å²) in [7, 11) is 1.58. The molecular weight excluding hydrogens is 1920 g/mol. The highest BCUT2D eigenvalue weighted by Gasteiger charge is 2.20. The summed E-state index contributed by atoms with van der Waals surface area (Å²) >= 11 is 0. The average Bonchev–Trinajstić information content (AvgIpc) is 0.851. The Bertz CT molecular complexity index is 5970. The van der Waals surface area contributed by atoms with Gasteiger partial charge in [0.1, 0.15) is 74.7 Å². The monoisotopic (exact) mass is 2040 g/mol. The van der Waals surface area contributed by atoms with E-state index >= 15 is 0 Å². The zero-order valence-electron chi connectivity index (χ0n) is 84.2. The number of methoxy groups -OCH3 is 1.